The Morgan fingerprint density at radius 1 is 0.909 bits per heavy atom. The van der Waals surface area contributed by atoms with Crippen LogP contribution in [0.2, 0.25) is 0 Å². The molecular weight excluding hydrogens is 280 g/mol. The minimum absolute atomic E-state index is 0.0335. The summed E-state index contributed by atoms with van der Waals surface area (Å²) >= 11 is 0. The third-order valence-corrected chi connectivity index (χ3v) is 4.04. The van der Waals surface area contributed by atoms with E-state index >= 15 is 0 Å². The van der Waals surface area contributed by atoms with Gasteiger partial charge in [-0.1, -0.05) is 6.42 Å². The number of ether oxygens (including phenoxy) is 2. The highest BCUT2D eigenvalue weighted by Gasteiger charge is 2.32. The molecule has 4 heteroatoms. The average molecular weight is 312 g/mol. The van der Waals surface area contributed by atoms with Gasteiger partial charge in [0.15, 0.2) is 0 Å². The number of rotatable bonds is 4. The smallest absolute Gasteiger partial charge is 0.311 e. The summed E-state index contributed by atoms with van der Waals surface area (Å²) in [5.74, 6) is -0.0181. The summed E-state index contributed by atoms with van der Waals surface area (Å²) in [5.41, 5.74) is -0.939. The molecule has 22 heavy (non-hydrogen) atoms. The number of esters is 2. The lowest BCUT2D eigenvalue weighted by atomic mass is 9.84. The highest BCUT2D eigenvalue weighted by molar-refractivity contribution is 5.75. The lowest BCUT2D eigenvalue weighted by Gasteiger charge is -2.33. The molecule has 0 spiro atoms. The van der Waals surface area contributed by atoms with Crippen molar-refractivity contribution in [1.82, 2.24) is 0 Å². The van der Waals surface area contributed by atoms with E-state index in [-0.39, 0.29) is 18.0 Å². The summed E-state index contributed by atoms with van der Waals surface area (Å²) in [6.45, 7) is 11.6. The third kappa shape index (κ3) is 5.98. The van der Waals surface area contributed by atoms with Gasteiger partial charge in [-0.2, -0.15) is 0 Å². The van der Waals surface area contributed by atoms with Gasteiger partial charge in [0.2, 0.25) is 0 Å². The van der Waals surface area contributed by atoms with Gasteiger partial charge in [-0.25, -0.2) is 0 Å². The quantitative estimate of drug-likeness (QED) is 0.733. The number of hydrogen-bond acceptors (Lipinski definition) is 4. The van der Waals surface area contributed by atoms with E-state index in [9.17, 15) is 9.59 Å². The Labute approximate surface area is 134 Å². The fraction of sp³-hybridized carbons (Fsp3) is 0.889. The normalized spacial score (nSPS) is 23.0. The predicted molar refractivity (Wildman–Crippen MR) is 86.3 cm³/mol. The summed E-state index contributed by atoms with van der Waals surface area (Å²) in [7, 11) is 0. The predicted octanol–water partition coefficient (Wildman–Crippen LogP) is 4.11. The van der Waals surface area contributed by atoms with E-state index in [0.717, 1.165) is 32.1 Å². The molecule has 4 nitrogen and oxygen atoms in total. The Morgan fingerprint density at radius 3 is 2.00 bits per heavy atom. The SMILES string of the molecule is CC(C)(C)C(=O)OCC[C@@H]1CCCC[C@@H]1OC(=O)C(C)(C)C. The van der Waals surface area contributed by atoms with Crippen molar-refractivity contribution < 1.29 is 19.1 Å². The summed E-state index contributed by atoms with van der Waals surface area (Å²) in [4.78, 5) is 23.9. The van der Waals surface area contributed by atoms with Gasteiger partial charge in [0.05, 0.1) is 17.4 Å². The maximum Gasteiger partial charge on any atom is 0.311 e. The Morgan fingerprint density at radius 2 is 1.45 bits per heavy atom. The minimum atomic E-state index is -0.472. The third-order valence-electron chi connectivity index (χ3n) is 4.04. The molecule has 0 aromatic rings. The number of hydrogen-bond donors (Lipinski definition) is 0. The first-order valence-corrected chi connectivity index (χ1v) is 8.40. The molecule has 128 valence electrons. The molecule has 0 amide bonds. The molecule has 1 fully saturated rings. The lowest BCUT2D eigenvalue weighted by molar-refractivity contribution is -0.165. The monoisotopic (exact) mass is 312 g/mol. The Balaban J connectivity index is 2.49. The Hall–Kier alpha value is -1.06. The fourth-order valence-electron chi connectivity index (χ4n) is 2.49. The molecule has 0 radical (unpaired) electrons. The van der Waals surface area contributed by atoms with Crippen molar-refractivity contribution in [2.75, 3.05) is 6.61 Å². The molecule has 1 saturated carbocycles. The zero-order valence-electron chi connectivity index (χ0n) is 15.0. The molecular formula is C18H32O4. The van der Waals surface area contributed by atoms with Crippen LogP contribution in [-0.4, -0.2) is 24.6 Å². The summed E-state index contributed by atoms with van der Waals surface area (Å²) in [6, 6.07) is 0. The van der Waals surface area contributed by atoms with E-state index in [1.54, 1.807) is 0 Å². The van der Waals surface area contributed by atoms with E-state index < -0.39 is 10.8 Å². The van der Waals surface area contributed by atoms with Crippen LogP contribution >= 0.6 is 0 Å². The van der Waals surface area contributed by atoms with Crippen molar-refractivity contribution in [3.63, 3.8) is 0 Å². The maximum atomic E-state index is 12.1. The van der Waals surface area contributed by atoms with E-state index in [4.69, 9.17) is 9.47 Å². The van der Waals surface area contributed by atoms with Crippen LogP contribution in [0.25, 0.3) is 0 Å². The standard InChI is InChI=1S/C18H32O4/c1-17(2,3)15(19)21-12-11-13-9-7-8-10-14(13)22-16(20)18(4,5)6/h13-14H,7-12H2,1-6H3/t13-,14-/m0/s1. The first-order valence-electron chi connectivity index (χ1n) is 8.40. The maximum absolute atomic E-state index is 12.1. The zero-order chi connectivity index (χ0) is 17.0. The fourth-order valence-corrected chi connectivity index (χ4v) is 2.49. The molecule has 0 bridgehead atoms. The van der Waals surface area contributed by atoms with Gasteiger partial charge in [-0.05, 0) is 73.1 Å². The van der Waals surface area contributed by atoms with E-state index in [1.807, 2.05) is 41.5 Å². The van der Waals surface area contributed by atoms with Crippen molar-refractivity contribution in [2.45, 2.75) is 79.8 Å². The van der Waals surface area contributed by atoms with Crippen molar-refractivity contribution >= 4 is 11.9 Å². The number of carbonyl (C=O) groups excluding carboxylic acids is 2. The van der Waals surface area contributed by atoms with Gasteiger partial charge in [-0.3, -0.25) is 9.59 Å². The van der Waals surface area contributed by atoms with Crippen molar-refractivity contribution in [3.05, 3.63) is 0 Å². The second-order valence-corrected chi connectivity index (χ2v) is 8.41. The first kappa shape index (κ1) is 19.0. The largest absolute Gasteiger partial charge is 0.465 e. The van der Waals surface area contributed by atoms with E-state index in [1.165, 1.54) is 0 Å². The van der Waals surface area contributed by atoms with Crippen molar-refractivity contribution in [2.24, 2.45) is 16.7 Å². The van der Waals surface area contributed by atoms with Crippen molar-refractivity contribution in [1.29, 1.82) is 0 Å². The molecule has 0 heterocycles. The molecule has 0 unspecified atom stereocenters. The minimum Gasteiger partial charge on any atom is -0.465 e. The zero-order valence-corrected chi connectivity index (χ0v) is 15.0. The average Bonchev–Trinajstić information content (AvgIpc) is 2.38. The van der Waals surface area contributed by atoms with E-state index in [0.29, 0.717) is 12.5 Å². The highest BCUT2D eigenvalue weighted by atomic mass is 16.5. The van der Waals surface area contributed by atoms with Crippen LogP contribution in [0.15, 0.2) is 0 Å². The second-order valence-electron chi connectivity index (χ2n) is 8.41. The van der Waals surface area contributed by atoms with Crippen LogP contribution in [0.1, 0.15) is 73.6 Å². The summed E-state index contributed by atoms with van der Waals surface area (Å²) in [5, 5.41) is 0. The van der Waals surface area contributed by atoms with Crippen LogP contribution in [-0.2, 0) is 19.1 Å². The summed E-state index contributed by atoms with van der Waals surface area (Å²) < 4.78 is 11.1. The molecule has 0 aromatic heterocycles. The Bertz CT molecular complexity index is 387. The van der Waals surface area contributed by atoms with E-state index in [2.05, 4.69) is 0 Å². The molecule has 0 aromatic carbocycles. The molecule has 0 aliphatic heterocycles. The van der Waals surface area contributed by atoms with Gasteiger partial charge in [0, 0.05) is 0 Å². The molecule has 0 saturated heterocycles. The molecule has 2 atom stereocenters. The van der Waals surface area contributed by atoms with Gasteiger partial charge in [0.1, 0.15) is 6.10 Å². The van der Waals surface area contributed by atoms with Gasteiger partial charge < -0.3 is 9.47 Å². The van der Waals surface area contributed by atoms with Crippen LogP contribution in [0.5, 0.6) is 0 Å². The summed E-state index contributed by atoms with van der Waals surface area (Å²) in [6.07, 6.45) is 4.94. The Kier molecular flexibility index (Phi) is 6.45. The molecule has 1 rings (SSSR count). The van der Waals surface area contributed by atoms with Crippen molar-refractivity contribution in [3.8, 4) is 0 Å². The van der Waals surface area contributed by atoms with Crippen LogP contribution in [0, 0.1) is 16.7 Å². The van der Waals surface area contributed by atoms with Gasteiger partial charge >= 0.3 is 11.9 Å². The highest BCUT2D eigenvalue weighted by Crippen LogP contribution is 2.31. The lowest BCUT2D eigenvalue weighted by Crippen LogP contribution is -2.35. The first-order chi connectivity index (χ1) is 10.0. The van der Waals surface area contributed by atoms with Gasteiger partial charge in [0.25, 0.3) is 0 Å². The second kappa shape index (κ2) is 7.47. The molecule has 1 aliphatic carbocycles. The van der Waals surface area contributed by atoms with Gasteiger partial charge in [-0.15, -0.1) is 0 Å². The topological polar surface area (TPSA) is 52.6 Å². The van der Waals surface area contributed by atoms with Crippen LogP contribution < -0.4 is 0 Å². The number of carbonyl (C=O) groups is 2. The molecule has 1 aliphatic rings. The van der Waals surface area contributed by atoms with Crippen LogP contribution in [0.4, 0.5) is 0 Å². The molecule has 0 N–H and O–H groups in total. The van der Waals surface area contributed by atoms with Crippen LogP contribution in [0.3, 0.4) is 0 Å².